The average molecular weight is 257 g/mol. The number of carbonyl (C=O) groups is 2. The second-order valence-electron chi connectivity index (χ2n) is 3.72. The predicted molar refractivity (Wildman–Crippen MR) is 59.7 cm³/mol. The highest BCUT2D eigenvalue weighted by atomic mass is 19.1. The first-order valence-corrected chi connectivity index (χ1v) is 5.25. The van der Waals surface area contributed by atoms with Gasteiger partial charge in [0.15, 0.2) is 0 Å². The molecule has 1 amide bonds. The lowest BCUT2D eigenvalue weighted by Gasteiger charge is -2.11. The molecule has 0 fully saturated rings. The molecule has 1 atom stereocenters. The quantitative estimate of drug-likeness (QED) is 0.824. The van der Waals surface area contributed by atoms with Crippen molar-refractivity contribution in [3.05, 3.63) is 35.4 Å². The molecule has 1 aromatic rings. The van der Waals surface area contributed by atoms with Crippen LogP contribution in [0.15, 0.2) is 18.2 Å². The lowest BCUT2D eigenvalue weighted by atomic mass is 10.1. The largest absolute Gasteiger partial charge is 0.467 e. The first kappa shape index (κ1) is 14.1. The zero-order chi connectivity index (χ0) is 13.7. The number of benzene rings is 1. The van der Waals surface area contributed by atoms with E-state index >= 15 is 0 Å². The van der Waals surface area contributed by atoms with E-state index in [-0.39, 0.29) is 12.0 Å². The number of methoxy groups -OCH3 is 1. The van der Waals surface area contributed by atoms with Gasteiger partial charge in [0.1, 0.15) is 17.7 Å². The molecule has 18 heavy (non-hydrogen) atoms. The molecule has 1 rings (SSSR count). The van der Waals surface area contributed by atoms with Crippen LogP contribution >= 0.6 is 0 Å². The van der Waals surface area contributed by atoms with E-state index in [1.54, 1.807) is 0 Å². The van der Waals surface area contributed by atoms with Gasteiger partial charge in [-0.3, -0.25) is 4.79 Å². The average Bonchev–Trinajstić information content (AvgIpc) is 2.31. The summed E-state index contributed by atoms with van der Waals surface area (Å²) < 4.78 is 30.3. The van der Waals surface area contributed by atoms with Crippen molar-refractivity contribution < 1.29 is 23.1 Å². The maximum atomic E-state index is 13.3. The van der Waals surface area contributed by atoms with E-state index in [1.807, 2.05) is 0 Å². The molecule has 0 saturated heterocycles. The second-order valence-corrected chi connectivity index (χ2v) is 3.72. The summed E-state index contributed by atoms with van der Waals surface area (Å²) in [5.41, 5.74) is 0.0611. The highest BCUT2D eigenvalue weighted by Gasteiger charge is 2.17. The Morgan fingerprint density at radius 1 is 1.39 bits per heavy atom. The first-order valence-electron chi connectivity index (χ1n) is 5.25. The van der Waals surface area contributed by atoms with Gasteiger partial charge in [-0.1, -0.05) is 6.07 Å². The number of nitrogens with one attached hydrogen (secondary N) is 1. The van der Waals surface area contributed by atoms with Gasteiger partial charge in [0.2, 0.25) is 5.91 Å². The normalized spacial score (nSPS) is 11.8. The standard InChI is InChI=1S/C12H13F2NO3/c1-7(12(17)18-2)15-11(16)5-8-3-4-9(13)6-10(8)14/h3-4,6-7H,5H2,1-2H3,(H,15,16)/t7-/m1/s1. The van der Waals surface area contributed by atoms with E-state index in [4.69, 9.17) is 0 Å². The van der Waals surface area contributed by atoms with Crippen LogP contribution in [-0.4, -0.2) is 25.0 Å². The number of rotatable bonds is 4. The van der Waals surface area contributed by atoms with Crippen molar-refractivity contribution in [1.29, 1.82) is 0 Å². The molecule has 0 heterocycles. The Bertz CT molecular complexity index is 463. The summed E-state index contributed by atoms with van der Waals surface area (Å²) in [4.78, 5) is 22.6. The first-order chi connectivity index (χ1) is 8.43. The molecule has 0 aliphatic heterocycles. The Kier molecular flexibility index (Phi) is 4.76. The van der Waals surface area contributed by atoms with Gasteiger partial charge in [0.25, 0.3) is 0 Å². The van der Waals surface area contributed by atoms with Crippen molar-refractivity contribution in [2.45, 2.75) is 19.4 Å². The monoisotopic (exact) mass is 257 g/mol. The molecule has 0 aliphatic rings. The molecule has 1 N–H and O–H groups in total. The van der Waals surface area contributed by atoms with Gasteiger partial charge >= 0.3 is 5.97 Å². The molecule has 0 radical (unpaired) electrons. The summed E-state index contributed by atoms with van der Waals surface area (Å²) in [5.74, 6) is -2.64. The van der Waals surface area contributed by atoms with E-state index < -0.39 is 29.6 Å². The Morgan fingerprint density at radius 2 is 2.06 bits per heavy atom. The maximum absolute atomic E-state index is 13.3. The lowest BCUT2D eigenvalue weighted by Crippen LogP contribution is -2.40. The van der Waals surface area contributed by atoms with Crippen molar-refractivity contribution >= 4 is 11.9 Å². The van der Waals surface area contributed by atoms with Crippen LogP contribution in [0.25, 0.3) is 0 Å². The third-order valence-corrected chi connectivity index (χ3v) is 2.30. The molecule has 0 unspecified atom stereocenters. The third kappa shape index (κ3) is 3.80. The molecule has 0 spiro atoms. The molecule has 0 saturated carbocycles. The lowest BCUT2D eigenvalue weighted by molar-refractivity contribution is -0.144. The van der Waals surface area contributed by atoms with E-state index in [0.29, 0.717) is 6.07 Å². The number of carbonyl (C=O) groups excluding carboxylic acids is 2. The van der Waals surface area contributed by atoms with E-state index in [9.17, 15) is 18.4 Å². The van der Waals surface area contributed by atoms with E-state index in [0.717, 1.165) is 6.07 Å². The summed E-state index contributed by atoms with van der Waals surface area (Å²) in [6, 6.07) is 2.14. The third-order valence-electron chi connectivity index (χ3n) is 2.30. The van der Waals surface area contributed by atoms with Crippen LogP contribution < -0.4 is 5.32 Å². The van der Waals surface area contributed by atoms with Crippen LogP contribution in [0.3, 0.4) is 0 Å². The number of amides is 1. The minimum Gasteiger partial charge on any atom is -0.467 e. The number of hydrogen-bond donors (Lipinski definition) is 1. The van der Waals surface area contributed by atoms with Gasteiger partial charge in [-0.15, -0.1) is 0 Å². The molecule has 0 aliphatic carbocycles. The highest BCUT2D eigenvalue weighted by Crippen LogP contribution is 2.10. The molecule has 0 aromatic heterocycles. The Hall–Kier alpha value is -1.98. The highest BCUT2D eigenvalue weighted by molar-refractivity contribution is 5.85. The van der Waals surface area contributed by atoms with Crippen LogP contribution in [0, 0.1) is 11.6 Å². The topological polar surface area (TPSA) is 55.4 Å². The molecule has 0 bridgehead atoms. The molecular weight excluding hydrogens is 244 g/mol. The van der Waals surface area contributed by atoms with Gasteiger partial charge in [-0.2, -0.15) is 0 Å². The Balaban J connectivity index is 2.62. The zero-order valence-electron chi connectivity index (χ0n) is 10.00. The SMILES string of the molecule is COC(=O)[C@@H](C)NC(=O)Cc1ccc(F)cc1F. The summed E-state index contributed by atoms with van der Waals surface area (Å²) >= 11 is 0. The summed E-state index contributed by atoms with van der Waals surface area (Å²) in [6.07, 6.45) is -0.270. The van der Waals surface area contributed by atoms with Gasteiger partial charge in [-0.05, 0) is 18.6 Å². The van der Waals surface area contributed by atoms with Crippen molar-refractivity contribution in [1.82, 2.24) is 5.32 Å². The fourth-order valence-electron chi connectivity index (χ4n) is 1.37. The van der Waals surface area contributed by atoms with Crippen LogP contribution in [0.2, 0.25) is 0 Å². The number of halogens is 2. The summed E-state index contributed by atoms with van der Waals surface area (Å²) in [5, 5.41) is 2.35. The Morgan fingerprint density at radius 3 is 2.61 bits per heavy atom. The number of esters is 1. The summed E-state index contributed by atoms with van der Waals surface area (Å²) in [7, 11) is 1.20. The molecule has 1 aromatic carbocycles. The fraction of sp³-hybridized carbons (Fsp3) is 0.333. The van der Waals surface area contributed by atoms with Crippen LogP contribution in [0.4, 0.5) is 8.78 Å². The van der Waals surface area contributed by atoms with Crippen LogP contribution in [0.5, 0.6) is 0 Å². The Labute approximate surface area is 103 Å². The number of ether oxygens (including phenoxy) is 1. The van der Waals surface area contributed by atoms with Crippen LogP contribution in [0.1, 0.15) is 12.5 Å². The maximum Gasteiger partial charge on any atom is 0.328 e. The van der Waals surface area contributed by atoms with E-state index in [2.05, 4.69) is 10.1 Å². The predicted octanol–water partition coefficient (Wildman–Crippen LogP) is 1.18. The van der Waals surface area contributed by atoms with Gasteiger partial charge in [0, 0.05) is 6.07 Å². The molecule has 4 nitrogen and oxygen atoms in total. The van der Waals surface area contributed by atoms with E-state index in [1.165, 1.54) is 20.1 Å². The minimum absolute atomic E-state index is 0.0611. The molecule has 6 heteroatoms. The molecular formula is C12H13F2NO3. The van der Waals surface area contributed by atoms with Crippen LogP contribution in [-0.2, 0) is 20.7 Å². The van der Waals surface area contributed by atoms with Gasteiger partial charge in [0.05, 0.1) is 13.5 Å². The minimum atomic E-state index is -0.814. The summed E-state index contributed by atoms with van der Waals surface area (Å²) in [6.45, 7) is 1.45. The van der Waals surface area contributed by atoms with Crippen molar-refractivity contribution in [2.24, 2.45) is 0 Å². The van der Waals surface area contributed by atoms with Gasteiger partial charge < -0.3 is 10.1 Å². The molecule has 98 valence electrons. The fourth-order valence-corrected chi connectivity index (χ4v) is 1.37. The van der Waals surface area contributed by atoms with Gasteiger partial charge in [-0.25, -0.2) is 13.6 Å². The smallest absolute Gasteiger partial charge is 0.328 e. The van der Waals surface area contributed by atoms with Crippen molar-refractivity contribution in [2.75, 3.05) is 7.11 Å². The zero-order valence-corrected chi connectivity index (χ0v) is 10.00. The second kappa shape index (κ2) is 6.09. The van der Waals surface area contributed by atoms with Crippen molar-refractivity contribution in [3.63, 3.8) is 0 Å². The van der Waals surface area contributed by atoms with Crippen molar-refractivity contribution in [3.8, 4) is 0 Å². The number of hydrogen-bond acceptors (Lipinski definition) is 3.